The number of hydrogen-bond acceptors (Lipinski definition) is 6. The lowest BCUT2D eigenvalue weighted by Crippen LogP contribution is -2.37. The highest BCUT2D eigenvalue weighted by molar-refractivity contribution is 6.07. The van der Waals surface area contributed by atoms with Crippen LogP contribution in [0.1, 0.15) is 51.9 Å². The maximum Gasteiger partial charge on any atom is 0.359 e. The summed E-state index contributed by atoms with van der Waals surface area (Å²) in [4.78, 5) is 37.4. The van der Waals surface area contributed by atoms with Gasteiger partial charge in [0.15, 0.2) is 5.69 Å². The van der Waals surface area contributed by atoms with Gasteiger partial charge in [-0.15, -0.1) is 0 Å². The topological polar surface area (TPSA) is 90.2 Å². The zero-order valence-corrected chi connectivity index (χ0v) is 20.2. The number of pyridine rings is 2. The molecule has 1 aliphatic heterocycles. The van der Waals surface area contributed by atoms with Gasteiger partial charge in [-0.25, -0.2) is 9.78 Å². The van der Waals surface area contributed by atoms with Crippen LogP contribution in [-0.2, 0) is 24.2 Å². The van der Waals surface area contributed by atoms with E-state index in [0.29, 0.717) is 36.7 Å². The lowest BCUT2D eigenvalue weighted by atomic mass is 10.0. The molecule has 0 radical (unpaired) electrons. The molecule has 182 valence electrons. The third-order valence-corrected chi connectivity index (χ3v) is 6.94. The van der Waals surface area contributed by atoms with Gasteiger partial charge in [-0.05, 0) is 49.9 Å². The second-order valence-corrected chi connectivity index (χ2v) is 9.40. The van der Waals surface area contributed by atoms with Gasteiger partial charge in [-0.3, -0.25) is 14.5 Å². The first-order chi connectivity index (χ1) is 17.6. The number of esters is 1. The molecule has 6 rings (SSSR count). The van der Waals surface area contributed by atoms with Gasteiger partial charge in [-0.1, -0.05) is 18.2 Å². The summed E-state index contributed by atoms with van der Waals surface area (Å²) in [6, 6.07) is 13.3. The van der Waals surface area contributed by atoms with Crippen molar-refractivity contribution in [2.45, 2.75) is 39.3 Å². The molecular weight excluding hydrogens is 454 g/mol. The number of amides is 1. The molecule has 0 saturated heterocycles. The number of rotatable bonds is 6. The minimum atomic E-state index is -0.424. The van der Waals surface area contributed by atoms with Crippen molar-refractivity contribution < 1.29 is 14.3 Å². The van der Waals surface area contributed by atoms with E-state index >= 15 is 0 Å². The molecular formula is C28H27N5O3. The zero-order valence-electron chi connectivity index (χ0n) is 20.2. The predicted octanol–water partition coefficient (Wildman–Crippen LogP) is 4.28. The van der Waals surface area contributed by atoms with Crippen LogP contribution in [-0.4, -0.2) is 49.7 Å². The van der Waals surface area contributed by atoms with E-state index in [1.165, 1.54) is 12.8 Å². The molecule has 8 heteroatoms. The number of ether oxygens (including phenoxy) is 1. The number of carbonyl (C=O) groups is 2. The van der Waals surface area contributed by atoms with Gasteiger partial charge in [0, 0.05) is 54.1 Å². The zero-order chi connectivity index (χ0) is 24.6. The van der Waals surface area contributed by atoms with Crippen molar-refractivity contribution in [2.24, 2.45) is 5.92 Å². The third-order valence-electron chi connectivity index (χ3n) is 6.94. The van der Waals surface area contributed by atoms with Crippen molar-refractivity contribution in [1.29, 1.82) is 0 Å². The first-order valence-electron chi connectivity index (χ1n) is 12.5. The Kier molecular flexibility index (Phi) is 5.71. The predicted molar refractivity (Wildman–Crippen MR) is 134 cm³/mol. The molecule has 1 aliphatic carbocycles. The van der Waals surface area contributed by atoms with E-state index in [-0.39, 0.29) is 12.5 Å². The second-order valence-electron chi connectivity index (χ2n) is 9.40. The summed E-state index contributed by atoms with van der Waals surface area (Å²) in [7, 11) is 0. The van der Waals surface area contributed by atoms with Crippen LogP contribution in [0.2, 0.25) is 0 Å². The highest BCUT2D eigenvalue weighted by Gasteiger charge is 2.33. The molecule has 1 saturated carbocycles. The maximum atomic E-state index is 14.0. The van der Waals surface area contributed by atoms with Gasteiger partial charge < -0.3 is 9.64 Å². The Bertz CT molecular complexity index is 1460. The monoisotopic (exact) mass is 481 g/mol. The summed E-state index contributed by atoms with van der Waals surface area (Å²) in [6.45, 7) is 3.78. The Labute approximate surface area is 208 Å². The van der Waals surface area contributed by atoms with Crippen molar-refractivity contribution in [3.8, 4) is 11.3 Å². The summed E-state index contributed by atoms with van der Waals surface area (Å²) in [6.07, 6.45) is 6.48. The summed E-state index contributed by atoms with van der Waals surface area (Å²) in [5.41, 5.74) is 5.17. The Morgan fingerprint density at radius 1 is 1.11 bits per heavy atom. The van der Waals surface area contributed by atoms with Gasteiger partial charge in [0.2, 0.25) is 0 Å². The highest BCUT2D eigenvalue weighted by Crippen LogP contribution is 2.33. The van der Waals surface area contributed by atoms with Gasteiger partial charge in [0.1, 0.15) is 0 Å². The smallest absolute Gasteiger partial charge is 0.359 e. The van der Waals surface area contributed by atoms with Gasteiger partial charge >= 0.3 is 5.97 Å². The van der Waals surface area contributed by atoms with E-state index in [2.05, 4.69) is 10.1 Å². The van der Waals surface area contributed by atoms with Crippen molar-refractivity contribution in [2.75, 3.05) is 13.2 Å². The van der Waals surface area contributed by atoms with Crippen LogP contribution in [0.5, 0.6) is 0 Å². The van der Waals surface area contributed by atoms with Crippen LogP contribution in [0.25, 0.3) is 22.2 Å². The molecule has 8 nitrogen and oxygen atoms in total. The van der Waals surface area contributed by atoms with Crippen molar-refractivity contribution >= 4 is 22.8 Å². The van der Waals surface area contributed by atoms with Gasteiger partial charge in [0.05, 0.1) is 29.9 Å². The molecule has 4 aromatic rings. The molecule has 4 heterocycles. The molecule has 0 unspecified atom stereocenters. The Morgan fingerprint density at radius 3 is 2.69 bits per heavy atom. The number of fused-ring (bicyclic) bond motifs is 2. The molecule has 1 aromatic carbocycles. The van der Waals surface area contributed by atoms with Crippen LogP contribution >= 0.6 is 0 Å². The van der Waals surface area contributed by atoms with Crippen LogP contribution in [0, 0.1) is 5.92 Å². The lowest BCUT2D eigenvalue weighted by Gasteiger charge is -2.28. The minimum absolute atomic E-state index is 0.0840. The third kappa shape index (κ3) is 4.12. The first-order valence-corrected chi connectivity index (χ1v) is 12.5. The number of nitrogens with zero attached hydrogens (tertiary/aromatic N) is 5. The van der Waals surface area contributed by atoms with Gasteiger partial charge in [0.25, 0.3) is 5.91 Å². The molecule has 1 fully saturated rings. The Hall–Kier alpha value is -4.07. The quantitative estimate of drug-likeness (QED) is 0.382. The number of hydrogen-bond donors (Lipinski definition) is 0. The Balaban J connectivity index is 1.38. The van der Waals surface area contributed by atoms with Crippen LogP contribution in [0.4, 0.5) is 0 Å². The summed E-state index contributed by atoms with van der Waals surface area (Å²) in [5, 5.41) is 5.46. The van der Waals surface area contributed by atoms with E-state index in [9.17, 15) is 9.59 Å². The fourth-order valence-electron chi connectivity index (χ4n) is 4.92. The van der Waals surface area contributed by atoms with Crippen LogP contribution < -0.4 is 0 Å². The van der Waals surface area contributed by atoms with E-state index in [4.69, 9.17) is 9.72 Å². The average Bonchev–Trinajstić information content (AvgIpc) is 3.67. The fourth-order valence-corrected chi connectivity index (χ4v) is 4.92. The molecule has 36 heavy (non-hydrogen) atoms. The molecule has 1 amide bonds. The van der Waals surface area contributed by atoms with E-state index < -0.39 is 5.97 Å². The number of aromatic nitrogens is 4. The van der Waals surface area contributed by atoms with Crippen molar-refractivity contribution in [3.63, 3.8) is 0 Å². The summed E-state index contributed by atoms with van der Waals surface area (Å²) < 4.78 is 7.28. The van der Waals surface area contributed by atoms with Crippen LogP contribution in [0.15, 0.2) is 54.9 Å². The minimum Gasteiger partial charge on any atom is -0.461 e. The number of carbonyl (C=O) groups excluding carboxylic acids is 2. The molecule has 0 atom stereocenters. The highest BCUT2D eigenvalue weighted by atomic mass is 16.5. The first kappa shape index (κ1) is 22.4. The SMILES string of the molecule is CCOC(=O)c1nn(CC2CC2)c2c1CN(C(=O)c1cc(-c3ccncc3)nc3ccccc13)CC2. The fraction of sp³-hybridized carbons (Fsp3) is 0.321. The normalized spacial score (nSPS) is 15.1. The van der Waals surface area contributed by atoms with Crippen molar-refractivity contribution in [3.05, 3.63) is 77.4 Å². The Morgan fingerprint density at radius 2 is 1.92 bits per heavy atom. The number of benzene rings is 1. The molecule has 2 aliphatic rings. The average molecular weight is 482 g/mol. The lowest BCUT2D eigenvalue weighted by molar-refractivity contribution is 0.0513. The van der Waals surface area contributed by atoms with E-state index in [1.807, 2.05) is 52.0 Å². The number of para-hydroxylation sites is 1. The van der Waals surface area contributed by atoms with Crippen LogP contribution in [0.3, 0.4) is 0 Å². The van der Waals surface area contributed by atoms with E-state index in [1.54, 1.807) is 19.3 Å². The van der Waals surface area contributed by atoms with E-state index in [0.717, 1.165) is 40.0 Å². The molecule has 0 spiro atoms. The molecule has 3 aromatic heterocycles. The largest absolute Gasteiger partial charge is 0.461 e. The summed E-state index contributed by atoms with van der Waals surface area (Å²) >= 11 is 0. The molecule has 0 N–H and O–H groups in total. The maximum absolute atomic E-state index is 14.0. The second kappa shape index (κ2) is 9.18. The van der Waals surface area contributed by atoms with Crippen molar-refractivity contribution in [1.82, 2.24) is 24.6 Å². The van der Waals surface area contributed by atoms with Gasteiger partial charge in [-0.2, -0.15) is 5.10 Å². The summed E-state index contributed by atoms with van der Waals surface area (Å²) in [5.74, 6) is 0.115. The molecule has 0 bridgehead atoms. The standard InChI is InChI=1S/C28H27N5O3/c1-2-36-28(35)26-22-17-32(14-11-25(22)33(31-26)16-18-7-8-18)27(34)21-15-24(19-9-12-29-13-10-19)30-23-6-4-3-5-20(21)23/h3-6,9-10,12-13,15,18H,2,7-8,11,14,16-17H2,1H3.